The highest BCUT2D eigenvalue weighted by Crippen LogP contribution is 2.20. The van der Waals surface area contributed by atoms with Crippen LogP contribution >= 0.6 is 11.6 Å². The van der Waals surface area contributed by atoms with Crippen molar-refractivity contribution in [2.45, 2.75) is 6.04 Å². The van der Waals surface area contributed by atoms with Crippen LogP contribution in [0.25, 0.3) is 0 Å². The van der Waals surface area contributed by atoms with E-state index in [2.05, 4.69) is 9.97 Å². The first kappa shape index (κ1) is 10.1. The van der Waals surface area contributed by atoms with Crippen molar-refractivity contribution in [3.05, 3.63) is 59.1 Å². The summed E-state index contributed by atoms with van der Waals surface area (Å²) in [5.74, 6) is 0. The van der Waals surface area contributed by atoms with Crippen molar-refractivity contribution in [1.82, 2.24) is 9.97 Å². The van der Waals surface area contributed by atoms with Crippen LogP contribution in [-0.4, -0.2) is 9.97 Å². The standard InChI is InChI=1S/C11H10ClN3/c12-10-3-1-2-8(4-10)11(13)9-5-14-7-15-6-9/h1-7,11H,13H2. The smallest absolute Gasteiger partial charge is 0.115 e. The Kier molecular flexibility index (Phi) is 2.94. The van der Waals surface area contributed by atoms with Gasteiger partial charge in [0.2, 0.25) is 0 Å². The van der Waals surface area contributed by atoms with Crippen molar-refractivity contribution in [2.24, 2.45) is 5.73 Å². The molecule has 0 fully saturated rings. The fourth-order valence-electron chi connectivity index (χ4n) is 1.36. The first-order valence-electron chi connectivity index (χ1n) is 4.53. The molecule has 0 saturated carbocycles. The summed E-state index contributed by atoms with van der Waals surface area (Å²) >= 11 is 5.89. The summed E-state index contributed by atoms with van der Waals surface area (Å²) in [6, 6.07) is 7.24. The molecule has 2 rings (SSSR count). The SMILES string of the molecule is NC(c1cncnc1)c1cccc(Cl)c1. The molecule has 4 heteroatoms. The number of benzene rings is 1. The lowest BCUT2D eigenvalue weighted by atomic mass is 10.0. The van der Waals surface area contributed by atoms with Gasteiger partial charge in [-0.2, -0.15) is 0 Å². The van der Waals surface area contributed by atoms with E-state index in [4.69, 9.17) is 17.3 Å². The molecule has 0 saturated heterocycles. The van der Waals surface area contributed by atoms with Gasteiger partial charge in [0.05, 0.1) is 6.04 Å². The van der Waals surface area contributed by atoms with E-state index in [1.54, 1.807) is 12.4 Å². The third kappa shape index (κ3) is 2.32. The van der Waals surface area contributed by atoms with Gasteiger partial charge < -0.3 is 5.73 Å². The molecule has 1 aromatic carbocycles. The van der Waals surface area contributed by atoms with Gasteiger partial charge >= 0.3 is 0 Å². The molecule has 1 atom stereocenters. The number of nitrogens with zero attached hydrogens (tertiary/aromatic N) is 2. The predicted octanol–water partition coefficient (Wildman–Crippen LogP) is 2.18. The number of hydrogen-bond acceptors (Lipinski definition) is 3. The van der Waals surface area contributed by atoms with Crippen molar-refractivity contribution in [2.75, 3.05) is 0 Å². The van der Waals surface area contributed by atoms with Gasteiger partial charge in [0.15, 0.2) is 0 Å². The molecular weight excluding hydrogens is 210 g/mol. The summed E-state index contributed by atoms with van der Waals surface area (Å²) in [6.07, 6.45) is 4.89. The second kappa shape index (κ2) is 4.38. The molecule has 2 aromatic rings. The van der Waals surface area contributed by atoms with E-state index in [0.717, 1.165) is 11.1 Å². The van der Waals surface area contributed by atoms with Crippen LogP contribution in [0.3, 0.4) is 0 Å². The molecule has 1 unspecified atom stereocenters. The average molecular weight is 220 g/mol. The van der Waals surface area contributed by atoms with E-state index in [1.165, 1.54) is 6.33 Å². The Bertz CT molecular complexity index is 445. The van der Waals surface area contributed by atoms with Crippen LogP contribution in [0.5, 0.6) is 0 Å². The zero-order chi connectivity index (χ0) is 10.7. The summed E-state index contributed by atoms with van der Waals surface area (Å²) in [6.45, 7) is 0. The number of nitrogens with two attached hydrogens (primary N) is 1. The summed E-state index contributed by atoms with van der Waals surface area (Å²) in [5.41, 5.74) is 7.88. The second-order valence-corrected chi connectivity index (χ2v) is 3.64. The molecule has 1 aromatic heterocycles. The predicted molar refractivity (Wildman–Crippen MR) is 59.5 cm³/mol. The molecule has 0 spiro atoms. The number of hydrogen-bond donors (Lipinski definition) is 1. The van der Waals surface area contributed by atoms with Crippen molar-refractivity contribution in [3.8, 4) is 0 Å². The lowest BCUT2D eigenvalue weighted by molar-refractivity contribution is 0.851. The number of rotatable bonds is 2. The Morgan fingerprint density at radius 3 is 2.53 bits per heavy atom. The summed E-state index contributed by atoms with van der Waals surface area (Å²) in [4.78, 5) is 7.86. The van der Waals surface area contributed by atoms with Gasteiger partial charge in [-0.25, -0.2) is 9.97 Å². The summed E-state index contributed by atoms with van der Waals surface area (Å²) in [7, 11) is 0. The summed E-state index contributed by atoms with van der Waals surface area (Å²) in [5, 5.41) is 0.680. The minimum Gasteiger partial charge on any atom is -0.320 e. The van der Waals surface area contributed by atoms with Gasteiger partial charge in [0.25, 0.3) is 0 Å². The highest BCUT2D eigenvalue weighted by atomic mass is 35.5. The third-order valence-electron chi connectivity index (χ3n) is 2.15. The largest absolute Gasteiger partial charge is 0.320 e. The van der Waals surface area contributed by atoms with Crippen LogP contribution in [0.1, 0.15) is 17.2 Å². The van der Waals surface area contributed by atoms with Crippen molar-refractivity contribution >= 4 is 11.6 Å². The molecule has 1 heterocycles. The Labute approximate surface area is 92.9 Å². The Balaban J connectivity index is 2.32. The first-order valence-corrected chi connectivity index (χ1v) is 4.91. The molecule has 76 valence electrons. The van der Waals surface area contributed by atoms with Crippen LogP contribution < -0.4 is 5.73 Å². The second-order valence-electron chi connectivity index (χ2n) is 3.20. The minimum absolute atomic E-state index is 0.232. The average Bonchev–Trinajstić information content (AvgIpc) is 2.29. The topological polar surface area (TPSA) is 51.8 Å². The van der Waals surface area contributed by atoms with Crippen molar-refractivity contribution in [1.29, 1.82) is 0 Å². The van der Waals surface area contributed by atoms with Crippen LogP contribution in [-0.2, 0) is 0 Å². The number of aromatic nitrogens is 2. The fourth-order valence-corrected chi connectivity index (χ4v) is 1.56. The Hall–Kier alpha value is -1.45. The van der Waals surface area contributed by atoms with Crippen LogP contribution in [0.4, 0.5) is 0 Å². The highest BCUT2D eigenvalue weighted by Gasteiger charge is 2.08. The van der Waals surface area contributed by atoms with Crippen molar-refractivity contribution in [3.63, 3.8) is 0 Å². The molecule has 0 aliphatic heterocycles. The third-order valence-corrected chi connectivity index (χ3v) is 2.38. The molecule has 15 heavy (non-hydrogen) atoms. The van der Waals surface area contributed by atoms with Gasteiger partial charge in [0, 0.05) is 23.0 Å². The lowest BCUT2D eigenvalue weighted by Crippen LogP contribution is -2.12. The maximum absolute atomic E-state index is 6.05. The van der Waals surface area contributed by atoms with E-state index < -0.39 is 0 Å². The van der Waals surface area contributed by atoms with Gasteiger partial charge in [-0.1, -0.05) is 23.7 Å². The maximum atomic E-state index is 6.05. The zero-order valence-corrected chi connectivity index (χ0v) is 8.72. The molecule has 2 N–H and O–H groups in total. The van der Waals surface area contributed by atoms with Crippen LogP contribution in [0.15, 0.2) is 43.0 Å². The maximum Gasteiger partial charge on any atom is 0.115 e. The van der Waals surface area contributed by atoms with Gasteiger partial charge in [-0.3, -0.25) is 0 Å². The molecule has 0 amide bonds. The van der Waals surface area contributed by atoms with Gasteiger partial charge in [-0.05, 0) is 17.7 Å². The first-order chi connectivity index (χ1) is 7.27. The fraction of sp³-hybridized carbons (Fsp3) is 0.0909. The van der Waals surface area contributed by atoms with E-state index in [0.29, 0.717) is 5.02 Å². The van der Waals surface area contributed by atoms with E-state index in [1.807, 2.05) is 24.3 Å². The van der Waals surface area contributed by atoms with Crippen LogP contribution in [0, 0.1) is 0 Å². The Morgan fingerprint density at radius 2 is 1.87 bits per heavy atom. The molecule has 3 nitrogen and oxygen atoms in total. The summed E-state index contributed by atoms with van der Waals surface area (Å²) < 4.78 is 0. The normalized spacial score (nSPS) is 12.4. The Morgan fingerprint density at radius 1 is 1.13 bits per heavy atom. The molecule has 0 aliphatic rings. The van der Waals surface area contributed by atoms with E-state index in [9.17, 15) is 0 Å². The van der Waals surface area contributed by atoms with Crippen LogP contribution in [0.2, 0.25) is 5.02 Å². The van der Waals surface area contributed by atoms with Gasteiger partial charge in [-0.15, -0.1) is 0 Å². The van der Waals surface area contributed by atoms with Crippen molar-refractivity contribution < 1.29 is 0 Å². The quantitative estimate of drug-likeness (QED) is 0.842. The van der Waals surface area contributed by atoms with Gasteiger partial charge in [0.1, 0.15) is 6.33 Å². The molecular formula is C11H10ClN3. The molecule has 0 aliphatic carbocycles. The monoisotopic (exact) mass is 219 g/mol. The molecule has 0 radical (unpaired) electrons. The highest BCUT2D eigenvalue weighted by molar-refractivity contribution is 6.30. The zero-order valence-electron chi connectivity index (χ0n) is 7.97. The lowest BCUT2D eigenvalue weighted by Gasteiger charge is -2.11. The molecule has 0 bridgehead atoms. The number of halogens is 1. The minimum atomic E-state index is -0.232. The van der Waals surface area contributed by atoms with E-state index in [-0.39, 0.29) is 6.04 Å². The van der Waals surface area contributed by atoms with E-state index >= 15 is 0 Å².